The van der Waals surface area contributed by atoms with Crippen LogP contribution in [0.4, 0.5) is 0 Å². The van der Waals surface area contributed by atoms with Crippen LogP contribution in [-0.4, -0.2) is 35.1 Å². The molecule has 1 aliphatic rings. The third-order valence-electron chi connectivity index (χ3n) is 4.78. The average Bonchev–Trinajstić information content (AvgIpc) is 2.75. The first-order valence-corrected chi connectivity index (χ1v) is 8.52. The lowest BCUT2D eigenvalue weighted by Gasteiger charge is -2.47. The van der Waals surface area contributed by atoms with Gasteiger partial charge in [0.15, 0.2) is 0 Å². The second-order valence-corrected chi connectivity index (χ2v) is 6.19. The predicted molar refractivity (Wildman–Crippen MR) is 87.0 cm³/mol. The van der Waals surface area contributed by atoms with E-state index in [-0.39, 0.29) is 5.60 Å². The molecule has 120 valence electrons. The summed E-state index contributed by atoms with van der Waals surface area (Å²) in [6.45, 7) is 8.15. The molecule has 21 heavy (non-hydrogen) atoms. The van der Waals surface area contributed by atoms with E-state index in [9.17, 15) is 0 Å². The van der Waals surface area contributed by atoms with Crippen LogP contribution in [0.2, 0.25) is 5.02 Å². The van der Waals surface area contributed by atoms with Crippen LogP contribution < -0.4 is 5.32 Å². The minimum absolute atomic E-state index is 0.0332. The molecule has 0 bridgehead atoms. The number of methoxy groups -OCH3 is 1. The van der Waals surface area contributed by atoms with Crippen LogP contribution in [0.15, 0.2) is 0 Å². The molecule has 2 rings (SSSR count). The van der Waals surface area contributed by atoms with Crippen molar-refractivity contribution in [2.24, 2.45) is 0 Å². The van der Waals surface area contributed by atoms with Gasteiger partial charge in [0.25, 0.3) is 0 Å². The van der Waals surface area contributed by atoms with E-state index < -0.39 is 0 Å². The number of likely N-dealkylation sites (N-methyl/N-ethyl adjacent to an activating group) is 1. The Morgan fingerprint density at radius 2 is 2.10 bits per heavy atom. The summed E-state index contributed by atoms with van der Waals surface area (Å²) in [5.74, 6) is 0. The lowest BCUT2D eigenvalue weighted by molar-refractivity contribution is -0.0981. The summed E-state index contributed by atoms with van der Waals surface area (Å²) >= 11 is 6.56. The molecule has 1 aliphatic carbocycles. The smallest absolute Gasteiger partial charge is 0.0850 e. The molecule has 0 aliphatic heterocycles. The van der Waals surface area contributed by atoms with E-state index in [0.29, 0.717) is 6.04 Å². The largest absolute Gasteiger partial charge is 0.377 e. The maximum atomic E-state index is 6.56. The number of aromatic nitrogens is 2. The van der Waals surface area contributed by atoms with Crippen LogP contribution in [0.1, 0.15) is 51.4 Å². The van der Waals surface area contributed by atoms with Gasteiger partial charge in [-0.15, -0.1) is 0 Å². The highest BCUT2D eigenvalue weighted by Crippen LogP contribution is 2.40. The van der Waals surface area contributed by atoms with E-state index in [2.05, 4.69) is 31.2 Å². The zero-order valence-corrected chi connectivity index (χ0v) is 14.5. The van der Waals surface area contributed by atoms with Gasteiger partial charge in [-0.2, -0.15) is 5.10 Å². The van der Waals surface area contributed by atoms with Crippen molar-refractivity contribution in [3.8, 4) is 0 Å². The molecule has 0 radical (unpaired) electrons. The van der Waals surface area contributed by atoms with E-state index >= 15 is 0 Å². The Hall–Kier alpha value is -0.580. The maximum Gasteiger partial charge on any atom is 0.0850 e. The van der Waals surface area contributed by atoms with Gasteiger partial charge in [0.1, 0.15) is 0 Å². The van der Waals surface area contributed by atoms with Gasteiger partial charge in [0.2, 0.25) is 0 Å². The van der Waals surface area contributed by atoms with Crippen molar-refractivity contribution in [3.05, 3.63) is 16.4 Å². The number of nitrogens with one attached hydrogen (secondary N) is 1. The Morgan fingerprint density at radius 3 is 2.52 bits per heavy atom. The monoisotopic (exact) mass is 313 g/mol. The highest BCUT2D eigenvalue weighted by Gasteiger charge is 2.44. The van der Waals surface area contributed by atoms with Crippen molar-refractivity contribution in [1.82, 2.24) is 15.1 Å². The Bertz CT molecular complexity index is 463. The highest BCUT2D eigenvalue weighted by molar-refractivity contribution is 6.31. The van der Waals surface area contributed by atoms with Crippen LogP contribution in [0.5, 0.6) is 0 Å². The summed E-state index contributed by atoms with van der Waals surface area (Å²) in [5.41, 5.74) is 2.11. The van der Waals surface area contributed by atoms with Crippen molar-refractivity contribution in [2.75, 3.05) is 13.7 Å². The van der Waals surface area contributed by atoms with Gasteiger partial charge >= 0.3 is 0 Å². The molecule has 1 aromatic heterocycles. The fraction of sp³-hybridized carbons (Fsp3) is 0.812. The average molecular weight is 314 g/mol. The van der Waals surface area contributed by atoms with E-state index in [0.717, 1.165) is 55.2 Å². The van der Waals surface area contributed by atoms with Crippen molar-refractivity contribution >= 4 is 11.6 Å². The zero-order valence-electron chi connectivity index (χ0n) is 13.7. The fourth-order valence-electron chi connectivity index (χ4n) is 3.32. The van der Waals surface area contributed by atoms with Crippen molar-refractivity contribution in [1.29, 1.82) is 0 Å². The summed E-state index contributed by atoms with van der Waals surface area (Å²) in [5, 5.41) is 9.07. The minimum atomic E-state index is -0.0332. The Labute approximate surface area is 133 Å². The molecular weight excluding hydrogens is 286 g/mol. The topological polar surface area (TPSA) is 39.1 Å². The Kier molecular flexibility index (Phi) is 5.69. The quantitative estimate of drug-likeness (QED) is 0.801. The Morgan fingerprint density at radius 1 is 1.38 bits per heavy atom. The molecule has 1 atom stereocenters. The number of ether oxygens (including phenoxy) is 1. The number of hydrogen-bond acceptors (Lipinski definition) is 3. The molecule has 0 amide bonds. The predicted octanol–water partition coefficient (Wildman–Crippen LogP) is 3.21. The molecule has 1 N–H and O–H groups in total. The molecule has 0 saturated heterocycles. The molecule has 0 aromatic carbocycles. The van der Waals surface area contributed by atoms with Crippen LogP contribution in [0.3, 0.4) is 0 Å². The standard InChI is InChI=1S/C16H28ClN3O/c1-5-12-15(17)13(20(7-3)19-12)11-14(18-6-2)16(21-4)9-8-10-16/h14,18H,5-11H2,1-4H3. The summed E-state index contributed by atoms with van der Waals surface area (Å²) in [4.78, 5) is 0. The first kappa shape index (κ1) is 16.8. The molecule has 1 heterocycles. The van der Waals surface area contributed by atoms with E-state index in [1.807, 2.05) is 11.8 Å². The summed E-state index contributed by atoms with van der Waals surface area (Å²) in [7, 11) is 1.83. The molecule has 1 unspecified atom stereocenters. The SMILES string of the molecule is CCNC(Cc1c(Cl)c(CC)nn1CC)C1(OC)CCC1. The van der Waals surface area contributed by atoms with E-state index in [1.54, 1.807) is 0 Å². The third kappa shape index (κ3) is 3.13. The van der Waals surface area contributed by atoms with Gasteiger partial charge < -0.3 is 10.1 Å². The molecule has 4 nitrogen and oxygen atoms in total. The normalized spacial score (nSPS) is 18.5. The van der Waals surface area contributed by atoms with Gasteiger partial charge in [-0.3, -0.25) is 4.68 Å². The molecule has 1 fully saturated rings. The van der Waals surface area contributed by atoms with Crippen molar-refractivity contribution in [3.63, 3.8) is 0 Å². The number of hydrogen-bond donors (Lipinski definition) is 1. The Balaban J connectivity index is 2.26. The van der Waals surface area contributed by atoms with Gasteiger partial charge in [-0.25, -0.2) is 0 Å². The molecule has 1 saturated carbocycles. The van der Waals surface area contributed by atoms with Crippen LogP contribution in [0.25, 0.3) is 0 Å². The van der Waals surface area contributed by atoms with Crippen molar-refractivity contribution < 1.29 is 4.74 Å². The summed E-state index contributed by atoms with van der Waals surface area (Å²) in [6.07, 6.45) is 5.25. The third-order valence-corrected chi connectivity index (χ3v) is 5.22. The molecule has 1 aromatic rings. The number of halogens is 1. The molecule has 5 heteroatoms. The maximum absolute atomic E-state index is 6.56. The zero-order chi connectivity index (χ0) is 15.5. The minimum Gasteiger partial charge on any atom is -0.377 e. The summed E-state index contributed by atoms with van der Waals surface area (Å²) in [6, 6.07) is 0.297. The number of rotatable bonds is 8. The second-order valence-electron chi connectivity index (χ2n) is 5.81. The van der Waals surface area contributed by atoms with Gasteiger partial charge in [0.05, 0.1) is 22.0 Å². The van der Waals surface area contributed by atoms with Crippen LogP contribution in [-0.2, 0) is 24.1 Å². The van der Waals surface area contributed by atoms with E-state index in [4.69, 9.17) is 16.3 Å². The van der Waals surface area contributed by atoms with Gasteiger partial charge in [0, 0.05) is 26.1 Å². The summed E-state index contributed by atoms with van der Waals surface area (Å²) < 4.78 is 7.92. The molecular formula is C16H28ClN3O. The first-order chi connectivity index (χ1) is 10.1. The fourth-order valence-corrected chi connectivity index (χ4v) is 3.66. The highest BCUT2D eigenvalue weighted by atomic mass is 35.5. The second kappa shape index (κ2) is 7.12. The lowest BCUT2D eigenvalue weighted by Crippen LogP contribution is -2.57. The first-order valence-electron chi connectivity index (χ1n) is 8.14. The molecule has 0 spiro atoms. The van der Waals surface area contributed by atoms with Gasteiger partial charge in [-0.1, -0.05) is 25.4 Å². The van der Waals surface area contributed by atoms with Crippen LogP contribution in [0, 0.1) is 0 Å². The number of aryl methyl sites for hydroxylation is 2. The van der Waals surface area contributed by atoms with Gasteiger partial charge in [-0.05, 0) is 39.2 Å². The lowest BCUT2D eigenvalue weighted by atomic mass is 9.73. The van der Waals surface area contributed by atoms with E-state index in [1.165, 1.54) is 6.42 Å². The number of nitrogens with zero attached hydrogens (tertiary/aromatic N) is 2. The van der Waals surface area contributed by atoms with Crippen LogP contribution >= 0.6 is 11.6 Å². The van der Waals surface area contributed by atoms with Crippen molar-refractivity contribution in [2.45, 2.75) is 71.1 Å².